The standard InChI is InChI=1S/C21H36O13/c1-20(2)31-12-9(8-22)29-18(11(24)14(12)32-20)30-13(10(23)17(25)26-5)15-16(19(27-6)28-7)34-21(3,4)33-15/h9-16,18-19,22-24H,8H2,1-7H3/t9-,10+,11-,12+,13-,14-,15+,16-,18+/m1/s1. The molecule has 3 fully saturated rings. The highest BCUT2D eigenvalue weighted by Gasteiger charge is 2.58. The molecule has 3 N–H and O–H groups in total. The summed E-state index contributed by atoms with van der Waals surface area (Å²) < 4.78 is 50.5. The molecule has 0 bridgehead atoms. The lowest BCUT2D eigenvalue weighted by Gasteiger charge is -2.42. The Morgan fingerprint density at radius 3 is 2.06 bits per heavy atom. The highest BCUT2D eigenvalue weighted by Crippen LogP contribution is 2.40. The third-order valence-electron chi connectivity index (χ3n) is 5.90. The molecule has 3 aliphatic heterocycles. The number of fused-ring (bicyclic) bond motifs is 1. The van der Waals surface area contributed by atoms with Gasteiger partial charge in [0.05, 0.1) is 13.7 Å². The molecule has 3 rings (SSSR count). The normalized spacial score (nSPS) is 38.5. The summed E-state index contributed by atoms with van der Waals surface area (Å²) in [7, 11) is 3.89. The van der Waals surface area contributed by atoms with Crippen LogP contribution in [0.25, 0.3) is 0 Å². The third-order valence-corrected chi connectivity index (χ3v) is 5.90. The van der Waals surface area contributed by atoms with Crippen molar-refractivity contribution in [3.63, 3.8) is 0 Å². The number of esters is 1. The SMILES string of the molecule is COC(=O)[C@@H](O)[C@@H](O[C@@H]1O[C@H](CO)[C@@H]2OC(C)(C)O[C@@H]2[C@H]1O)[C@@H]1OC(C)(C)O[C@H]1C(OC)OC. The first-order valence-electron chi connectivity index (χ1n) is 11.0. The van der Waals surface area contributed by atoms with E-state index in [-0.39, 0.29) is 0 Å². The molecule has 198 valence electrons. The van der Waals surface area contributed by atoms with Crippen LogP contribution in [0.5, 0.6) is 0 Å². The first kappa shape index (κ1) is 27.6. The molecule has 0 amide bonds. The van der Waals surface area contributed by atoms with Crippen LogP contribution in [-0.4, -0.2) is 122 Å². The zero-order valence-electron chi connectivity index (χ0n) is 20.4. The number of aliphatic hydroxyl groups excluding tert-OH is 3. The van der Waals surface area contributed by atoms with Gasteiger partial charge in [-0.25, -0.2) is 4.79 Å². The second kappa shape index (κ2) is 10.6. The lowest BCUT2D eigenvalue weighted by molar-refractivity contribution is -0.312. The van der Waals surface area contributed by atoms with Crippen LogP contribution in [0.3, 0.4) is 0 Å². The van der Waals surface area contributed by atoms with E-state index in [2.05, 4.69) is 0 Å². The van der Waals surface area contributed by atoms with Gasteiger partial charge in [0.2, 0.25) is 0 Å². The van der Waals surface area contributed by atoms with Gasteiger partial charge in [-0.2, -0.15) is 0 Å². The Bertz CT molecular complexity index is 696. The number of hydrogen-bond acceptors (Lipinski definition) is 13. The molecule has 3 aliphatic rings. The van der Waals surface area contributed by atoms with E-state index in [0.29, 0.717) is 0 Å². The maximum Gasteiger partial charge on any atom is 0.337 e. The minimum atomic E-state index is -1.86. The monoisotopic (exact) mass is 496 g/mol. The van der Waals surface area contributed by atoms with Gasteiger partial charge >= 0.3 is 5.97 Å². The highest BCUT2D eigenvalue weighted by molar-refractivity contribution is 5.75. The summed E-state index contributed by atoms with van der Waals surface area (Å²) in [6, 6.07) is 0. The molecule has 0 unspecified atom stereocenters. The van der Waals surface area contributed by atoms with Crippen molar-refractivity contribution >= 4 is 5.97 Å². The maximum absolute atomic E-state index is 12.3. The van der Waals surface area contributed by atoms with E-state index in [1.807, 2.05) is 0 Å². The van der Waals surface area contributed by atoms with Gasteiger partial charge in [0.1, 0.15) is 42.7 Å². The Balaban J connectivity index is 1.91. The summed E-state index contributed by atoms with van der Waals surface area (Å²) >= 11 is 0. The van der Waals surface area contributed by atoms with E-state index in [9.17, 15) is 20.1 Å². The topological polar surface area (TPSA) is 161 Å². The largest absolute Gasteiger partial charge is 0.467 e. The van der Waals surface area contributed by atoms with Crippen molar-refractivity contribution in [2.45, 2.75) is 101 Å². The fourth-order valence-electron chi connectivity index (χ4n) is 4.50. The number of rotatable bonds is 9. The lowest BCUT2D eigenvalue weighted by Crippen LogP contribution is -2.61. The summed E-state index contributed by atoms with van der Waals surface area (Å²) in [6.07, 6.45) is -11.7. The van der Waals surface area contributed by atoms with Crippen LogP contribution >= 0.6 is 0 Å². The van der Waals surface area contributed by atoms with Gasteiger partial charge < -0.3 is 58.0 Å². The summed E-state index contributed by atoms with van der Waals surface area (Å²) in [5.74, 6) is -3.19. The number of hydrogen-bond donors (Lipinski definition) is 3. The molecule has 0 saturated carbocycles. The zero-order valence-corrected chi connectivity index (χ0v) is 20.4. The molecule has 0 aromatic carbocycles. The molecule has 9 atom stereocenters. The van der Waals surface area contributed by atoms with Gasteiger partial charge in [0.25, 0.3) is 0 Å². The van der Waals surface area contributed by atoms with E-state index in [0.717, 1.165) is 7.11 Å². The third kappa shape index (κ3) is 5.55. The molecule has 0 aromatic heterocycles. The van der Waals surface area contributed by atoms with Crippen LogP contribution in [0, 0.1) is 0 Å². The molecular formula is C21H36O13. The zero-order chi connectivity index (χ0) is 25.4. The van der Waals surface area contributed by atoms with Crippen molar-refractivity contribution in [2.75, 3.05) is 27.9 Å². The predicted octanol–water partition coefficient (Wildman–Crippen LogP) is -1.36. The lowest BCUT2D eigenvalue weighted by atomic mass is 9.98. The van der Waals surface area contributed by atoms with E-state index < -0.39 is 85.6 Å². The van der Waals surface area contributed by atoms with Crippen molar-refractivity contribution in [1.29, 1.82) is 0 Å². The summed E-state index contributed by atoms with van der Waals surface area (Å²) in [6.45, 7) is 6.14. The molecular weight excluding hydrogens is 460 g/mol. The Morgan fingerprint density at radius 1 is 0.941 bits per heavy atom. The van der Waals surface area contributed by atoms with Gasteiger partial charge in [0, 0.05) is 14.2 Å². The Hall–Kier alpha value is -0.970. The van der Waals surface area contributed by atoms with Crippen LogP contribution in [-0.2, 0) is 47.4 Å². The predicted molar refractivity (Wildman–Crippen MR) is 110 cm³/mol. The van der Waals surface area contributed by atoms with Gasteiger partial charge in [-0.3, -0.25) is 0 Å². The smallest absolute Gasteiger partial charge is 0.337 e. The minimum Gasteiger partial charge on any atom is -0.467 e. The van der Waals surface area contributed by atoms with E-state index in [1.54, 1.807) is 27.7 Å². The molecule has 0 aromatic rings. The molecule has 34 heavy (non-hydrogen) atoms. The average Bonchev–Trinajstić information content (AvgIpc) is 3.28. The maximum atomic E-state index is 12.3. The van der Waals surface area contributed by atoms with Crippen molar-refractivity contribution in [3.05, 3.63) is 0 Å². The highest BCUT2D eigenvalue weighted by atomic mass is 16.8. The quantitative estimate of drug-likeness (QED) is 0.254. The van der Waals surface area contributed by atoms with Crippen molar-refractivity contribution < 1.29 is 62.7 Å². The number of aliphatic hydroxyl groups is 3. The van der Waals surface area contributed by atoms with Crippen LogP contribution < -0.4 is 0 Å². The molecule has 3 heterocycles. The number of carbonyl (C=O) groups excluding carboxylic acids is 1. The van der Waals surface area contributed by atoms with E-state index >= 15 is 0 Å². The summed E-state index contributed by atoms with van der Waals surface area (Å²) in [4.78, 5) is 12.3. The second-order valence-corrected chi connectivity index (χ2v) is 9.25. The number of methoxy groups -OCH3 is 3. The number of carbonyl (C=O) groups is 1. The molecule has 13 heteroatoms. The molecule has 0 aliphatic carbocycles. The van der Waals surface area contributed by atoms with Crippen molar-refractivity contribution in [3.8, 4) is 0 Å². The fourth-order valence-corrected chi connectivity index (χ4v) is 4.50. The number of ether oxygens (including phenoxy) is 9. The minimum absolute atomic E-state index is 0.453. The fraction of sp³-hybridized carbons (Fsp3) is 0.952. The Kier molecular flexibility index (Phi) is 8.58. The van der Waals surface area contributed by atoms with E-state index in [4.69, 9.17) is 42.6 Å². The van der Waals surface area contributed by atoms with Gasteiger partial charge in [-0.05, 0) is 27.7 Å². The molecule has 0 radical (unpaired) electrons. The average molecular weight is 497 g/mol. The molecule has 3 saturated heterocycles. The Labute approximate surface area is 198 Å². The summed E-state index contributed by atoms with van der Waals surface area (Å²) in [5.41, 5.74) is 0. The van der Waals surface area contributed by atoms with Crippen molar-refractivity contribution in [1.82, 2.24) is 0 Å². The van der Waals surface area contributed by atoms with Crippen LogP contribution in [0.4, 0.5) is 0 Å². The molecule has 0 spiro atoms. The molecule has 13 nitrogen and oxygen atoms in total. The van der Waals surface area contributed by atoms with Crippen LogP contribution in [0.15, 0.2) is 0 Å². The first-order chi connectivity index (χ1) is 15.9. The summed E-state index contributed by atoms with van der Waals surface area (Å²) in [5, 5.41) is 31.6. The Morgan fingerprint density at radius 2 is 1.50 bits per heavy atom. The van der Waals surface area contributed by atoms with Crippen LogP contribution in [0.2, 0.25) is 0 Å². The van der Waals surface area contributed by atoms with Gasteiger partial charge in [-0.1, -0.05) is 0 Å². The van der Waals surface area contributed by atoms with Crippen LogP contribution in [0.1, 0.15) is 27.7 Å². The second-order valence-electron chi connectivity index (χ2n) is 9.25. The van der Waals surface area contributed by atoms with Crippen molar-refractivity contribution in [2.24, 2.45) is 0 Å². The van der Waals surface area contributed by atoms with Gasteiger partial charge in [-0.15, -0.1) is 0 Å². The van der Waals surface area contributed by atoms with Gasteiger partial charge in [0.15, 0.2) is 30.3 Å². The first-order valence-corrected chi connectivity index (χ1v) is 11.0. The van der Waals surface area contributed by atoms with E-state index in [1.165, 1.54) is 14.2 Å².